The highest BCUT2D eigenvalue weighted by Crippen LogP contribution is 2.20. The molecule has 6 heteroatoms. The van der Waals surface area contributed by atoms with Crippen LogP contribution in [0, 0.1) is 3.57 Å². The Balaban J connectivity index is 1.94. The summed E-state index contributed by atoms with van der Waals surface area (Å²) in [5, 5.41) is 10.4. The number of aromatic nitrogens is 2. The number of H-pyrrole nitrogens is 1. The van der Waals surface area contributed by atoms with E-state index in [2.05, 4.69) is 38.1 Å². The molecule has 3 aromatic rings. The zero-order chi connectivity index (χ0) is 14.1. The van der Waals surface area contributed by atoms with Crippen LogP contribution in [0.1, 0.15) is 10.5 Å². The first-order chi connectivity index (χ1) is 9.63. The van der Waals surface area contributed by atoms with Crippen molar-refractivity contribution in [1.29, 1.82) is 0 Å². The number of halogens is 1. The first kappa shape index (κ1) is 12.9. The summed E-state index contributed by atoms with van der Waals surface area (Å²) >= 11 is 2.19. The molecular formula is C14H11IN4O. The number of carbonyl (C=O) groups excluding carboxylic acids is 1. The van der Waals surface area contributed by atoms with Gasteiger partial charge in [-0.2, -0.15) is 5.10 Å². The Labute approximate surface area is 128 Å². The molecule has 0 fully saturated rings. The summed E-state index contributed by atoms with van der Waals surface area (Å²) in [5.74, 6) is -0.260. The Morgan fingerprint density at radius 3 is 2.90 bits per heavy atom. The van der Waals surface area contributed by atoms with Crippen LogP contribution in [0.4, 0.5) is 11.4 Å². The van der Waals surface area contributed by atoms with Crippen molar-refractivity contribution in [3.63, 3.8) is 0 Å². The van der Waals surface area contributed by atoms with Crippen LogP contribution in [0.5, 0.6) is 0 Å². The van der Waals surface area contributed by atoms with Crippen LogP contribution in [0.15, 0.2) is 42.5 Å². The highest BCUT2D eigenvalue weighted by molar-refractivity contribution is 14.1. The molecule has 0 atom stereocenters. The molecule has 20 heavy (non-hydrogen) atoms. The monoisotopic (exact) mass is 378 g/mol. The number of aromatic amines is 1. The number of anilines is 2. The van der Waals surface area contributed by atoms with Gasteiger partial charge in [0.15, 0.2) is 5.69 Å². The number of nitrogens with one attached hydrogen (secondary N) is 2. The topological polar surface area (TPSA) is 83.8 Å². The summed E-state index contributed by atoms with van der Waals surface area (Å²) in [7, 11) is 0. The second kappa shape index (κ2) is 5.12. The first-order valence-electron chi connectivity index (χ1n) is 5.94. The van der Waals surface area contributed by atoms with Gasteiger partial charge in [-0.25, -0.2) is 0 Å². The van der Waals surface area contributed by atoms with E-state index in [0.717, 1.165) is 14.8 Å². The minimum atomic E-state index is -0.260. The highest BCUT2D eigenvalue weighted by Gasteiger charge is 2.14. The van der Waals surface area contributed by atoms with E-state index in [4.69, 9.17) is 5.73 Å². The molecule has 0 aliphatic carbocycles. The number of amides is 1. The lowest BCUT2D eigenvalue weighted by molar-refractivity contribution is 0.102. The van der Waals surface area contributed by atoms with Crippen molar-refractivity contribution in [3.05, 3.63) is 51.7 Å². The van der Waals surface area contributed by atoms with Crippen LogP contribution in [0.2, 0.25) is 0 Å². The maximum atomic E-state index is 12.3. The van der Waals surface area contributed by atoms with Crippen LogP contribution in [-0.4, -0.2) is 16.1 Å². The third-order valence-electron chi connectivity index (χ3n) is 2.88. The van der Waals surface area contributed by atoms with Gasteiger partial charge in [-0.05, 0) is 59.0 Å². The molecule has 1 heterocycles. The highest BCUT2D eigenvalue weighted by atomic mass is 127. The molecule has 0 aliphatic rings. The van der Waals surface area contributed by atoms with Gasteiger partial charge in [-0.15, -0.1) is 0 Å². The fourth-order valence-electron chi connectivity index (χ4n) is 1.96. The Morgan fingerprint density at radius 1 is 1.25 bits per heavy atom. The van der Waals surface area contributed by atoms with Crippen molar-refractivity contribution in [2.24, 2.45) is 0 Å². The van der Waals surface area contributed by atoms with Gasteiger partial charge in [0.25, 0.3) is 5.91 Å². The Hall–Kier alpha value is -2.09. The summed E-state index contributed by atoms with van der Waals surface area (Å²) < 4.78 is 1.05. The van der Waals surface area contributed by atoms with Gasteiger partial charge in [-0.3, -0.25) is 9.89 Å². The standard InChI is InChI=1S/C14H11IN4O/c15-8-2-1-3-10(6-8)17-14(20)13-11-7-9(16)4-5-12(11)18-19-13/h1-7H,16H2,(H,17,20)(H,18,19). The summed E-state index contributed by atoms with van der Waals surface area (Å²) in [6.07, 6.45) is 0. The lowest BCUT2D eigenvalue weighted by Crippen LogP contribution is -2.12. The van der Waals surface area contributed by atoms with Crippen molar-refractivity contribution in [2.75, 3.05) is 11.1 Å². The van der Waals surface area contributed by atoms with Crippen molar-refractivity contribution in [2.45, 2.75) is 0 Å². The average molecular weight is 378 g/mol. The van der Waals surface area contributed by atoms with Crippen molar-refractivity contribution in [3.8, 4) is 0 Å². The van der Waals surface area contributed by atoms with Gasteiger partial charge in [0, 0.05) is 20.3 Å². The molecule has 0 aliphatic heterocycles. The number of benzene rings is 2. The van der Waals surface area contributed by atoms with E-state index in [1.807, 2.05) is 24.3 Å². The molecule has 4 N–H and O–H groups in total. The molecule has 0 bridgehead atoms. The van der Waals surface area contributed by atoms with Crippen molar-refractivity contribution in [1.82, 2.24) is 10.2 Å². The number of hydrogen-bond donors (Lipinski definition) is 3. The number of rotatable bonds is 2. The summed E-state index contributed by atoms with van der Waals surface area (Å²) in [4.78, 5) is 12.3. The SMILES string of the molecule is Nc1ccc2[nH]nc(C(=O)Nc3cccc(I)c3)c2c1. The van der Waals surface area contributed by atoms with E-state index in [0.29, 0.717) is 16.8 Å². The minimum absolute atomic E-state index is 0.260. The van der Waals surface area contributed by atoms with Crippen LogP contribution in [0.3, 0.4) is 0 Å². The molecule has 0 spiro atoms. The van der Waals surface area contributed by atoms with E-state index < -0.39 is 0 Å². The molecule has 0 unspecified atom stereocenters. The number of carbonyl (C=O) groups is 1. The molecule has 3 rings (SSSR count). The largest absolute Gasteiger partial charge is 0.399 e. The molecule has 2 aromatic carbocycles. The van der Waals surface area contributed by atoms with Gasteiger partial charge in [0.2, 0.25) is 0 Å². The molecule has 0 saturated carbocycles. The van der Waals surface area contributed by atoms with E-state index in [-0.39, 0.29) is 5.91 Å². The predicted octanol–water partition coefficient (Wildman–Crippen LogP) is 3.00. The average Bonchev–Trinajstić information content (AvgIpc) is 2.81. The van der Waals surface area contributed by atoms with Crippen molar-refractivity contribution >= 4 is 50.8 Å². The lowest BCUT2D eigenvalue weighted by Gasteiger charge is -2.04. The van der Waals surface area contributed by atoms with Crippen LogP contribution in [0.25, 0.3) is 10.9 Å². The van der Waals surface area contributed by atoms with Gasteiger partial charge < -0.3 is 11.1 Å². The van der Waals surface area contributed by atoms with Crippen LogP contribution >= 0.6 is 22.6 Å². The fraction of sp³-hybridized carbons (Fsp3) is 0. The predicted molar refractivity (Wildman–Crippen MR) is 87.6 cm³/mol. The molecule has 5 nitrogen and oxygen atoms in total. The molecular weight excluding hydrogens is 367 g/mol. The van der Waals surface area contributed by atoms with Gasteiger partial charge in [0.05, 0.1) is 5.52 Å². The van der Waals surface area contributed by atoms with Gasteiger partial charge in [-0.1, -0.05) is 6.07 Å². The normalized spacial score (nSPS) is 10.7. The number of nitrogens with two attached hydrogens (primary N) is 1. The van der Waals surface area contributed by atoms with Crippen LogP contribution < -0.4 is 11.1 Å². The number of fused-ring (bicyclic) bond motifs is 1. The Kier molecular flexibility index (Phi) is 3.31. The van der Waals surface area contributed by atoms with Crippen molar-refractivity contribution < 1.29 is 4.79 Å². The van der Waals surface area contributed by atoms with E-state index >= 15 is 0 Å². The second-order valence-corrected chi connectivity index (χ2v) is 5.59. The zero-order valence-electron chi connectivity index (χ0n) is 10.4. The Bertz CT molecular complexity index is 797. The minimum Gasteiger partial charge on any atom is -0.399 e. The number of hydrogen-bond acceptors (Lipinski definition) is 3. The smallest absolute Gasteiger partial charge is 0.276 e. The van der Waals surface area contributed by atoms with E-state index in [9.17, 15) is 4.79 Å². The quantitative estimate of drug-likeness (QED) is 0.474. The molecule has 1 amide bonds. The van der Waals surface area contributed by atoms with E-state index in [1.165, 1.54) is 0 Å². The number of nitrogen functional groups attached to an aromatic ring is 1. The van der Waals surface area contributed by atoms with Crippen LogP contribution in [-0.2, 0) is 0 Å². The van der Waals surface area contributed by atoms with Gasteiger partial charge >= 0.3 is 0 Å². The fourth-order valence-corrected chi connectivity index (χ4v) is 2.50. The second-order valence-electron chi connectivity index (χ2n) is 4.34. The third kappa shape index (κ3) is 2.46. The molecule has 0 saturated heterocycles. The Morgan fingerprint density at radius 2 is 2.10 bits per heavy atom. The molecule has 1 aromatic heterocycles. The van der Waals surface area contributed by atoms with Gasteiger partial charge in [0.1, 0.15) is 0 Å². The maximum absolute atomic E-state index is 12.3. The molecule has 0 radical (unpaired) electrons. The maximum Gasteiger partial charge on any atom is 0.276 e. The summed E-state index contributed by atoms with van der Waals surface area (Å²) in [6.45, 7) is 0. The van der Waals surface area contributed by atoms with E-state index in [1.54, 1.807) is 18.2 Å². The zero-order valence-corrected chi connectivity index (χ0v) is 12.5. The summed E-state index contributed by atoms with van der Waals surface area (Å²) in [5.41, 5.74) is 8.21. The molecule has 100 valence electrons. The third-order valence-corrected chi connectivity index (χ3v) is 3.56. The number of nitrogens with zero attached hydrogens (tertiary/aromatic N) is 1. The summed E-state index contributed by atoms with van der Waals surface area (Å²) in [6, 6.07) is 12.9. The lowest BCUT2D eigenvalue weighted by atomic mass is 10.2. The first-order valence-corrected chi connectivity index (χ1v) is 7.02.